The molecule has 15 aromatic carbocycles. The summed E-state index contributed by atoms with van der Waals surface area (Å²) in [7, 11) is 0. The van der Waals surface area contributed by atoms with Gasteiger partial charge in [0.2, 0.25) is 0 Å². The van der Waals surface area contributed by atoms with Crippen LogP contribution < -0.4 is 0 Å². The first-order valence-electron chi connectivity index (χ1n) is 42.6. The number of hydrogen-bond acceptors (Lipinski definition) is 6. The van der Waals surface area contributed by atoms with Gasteiger partial charge in [-0.1, -0.05) is 267 Å². The van der Waals surface area contributed by atoms with E-state index in [0.717, 1.165) is 52.4 Å². The number of para-hydroxylation sites is 1. The molecule has 6 nitrogen and oxygen atoms in total. The smallest absolute Gasteiger partial charge is 0.115 e. The van der Waals surface area contributed by atoms with Crippen molar-refractivity contribution in [2.24, 2.45) is 0 Å². The molecule has 4 aromatic heterocycles. The fourth-order valence-electron chi connectivity index (χ4n) is 15.8. The molecule has 0 N–H and O–H groups in total. The van der Waals surface area contributed by atoms with E-state index in [-0.39, 0.29) is 0 Å². The van der Waals surface area contributed by atoms with Gasteiger partial charge in [0.05, 0.1) is 16.9 Å². The molecule has 0 radical (unpaired) electrons. The molecule has 0 aliphatic heterocycles. The van der Waals surface area contributed by atoms with Gasteiger partial charge in [0.1, 0.15) is 6.33 Å². The number of nitrogens with zero attached hydrogens (tertiary/aromatic N) is 6. The summed E-state index contributed by atoms with van der Waals surface area (Å²) in [5, 5.41) is 23.2. The Morgan fingerprint density at radius 3 is 1.21 bits per heavy atom. The van der Waals surface area contributed by atoms with E-state index in [4.69, 9.17) is 0 Å². The van der Waals surface area contributed by atoms with Gasteiger partial charge in [0.25, 0.3) is 0 Å². The molecule has 0 amide bonds. The molecule has 19 aromatic rings. The highest BCUT2D eigenvalue weighted by Gasteiger charge is 2.23. The van der Waals surface area contributed by atoms with Crippen molar-refractivity contribution >= 4 is 109 Å². The predicted molar refractivity (Wildman–Crippen MR) is 529 cm³/mol. The highest BCUT2D eigenvalue weighted by Crippen LogP contribution is 2.44. The molecule has 2 aliphatic rings. The Kier molecular flexibility index (Phi) is 29.6. The van der Waals surface area contributed by atoms with Crippen LogP contribution in [0.2, 0.25) is 0 Å². The molecule has 6 heteroatoms. The van der Waals surface area contributed by atoms with Crippen molar-refractivity contribution in [1.82, 2.24) is 29.9 Å². The topological polar surface area (TPSA) is 77.3 Å². The molecule has 610 valence electrons. The van der Waals surface area contributed by atoms with Crippen LogP contribution in [0.1, 0.15) is 135 Å². The largest absolute Gasteiger partial charge is 0.261 e. The summed E-state index contributed by atoms with van der Waals surface area (Å²) in [6.45, 7) is 42.3. The zero-order valence-electron chi connectivity index (χ0n) is 75.1. The highest BCUT2D eigenvalue weighted by molar-refractivity contribution is 6.22. The molecule has 4 heterocycles. The average Bonchev–Trinajstić information content (AvgIpc) is 0.743. The third kappa shape index (κ3) is 20.9. The van der Waals surface area contributed by atoms with Gasteiger partial charge in [-0.3, -0.25) is 19.9 Å². The predicted octanol–water partition coefficient (Wildman–Crippen LogP) is 31.1. The molecular weight excluding hydrogens is 1480 g/mol. The lowest BCUT2D eigenvalue weighted by Crippen LogP contribution is -2.06. The van der Waals surface area contributed by atoms with Crippen LogP contribution in [0.4, 0.5) is 0 Å². The second-order valence-corrected chi connectivity index (χ2v) is 32.4. The van der Waals surface area contributed by atoms with Crippen LogP contribution in [0.15, 0.2) is 310 Å². The van der Waals surface area contributed by atoms with Crippen molar-refractivity contribution in [2.45, 2.75) is 151 Å². The van der Waals surface area contributed by atoms with Gasteiger partial charge in [0, 0.05) is 47.3 Å². The summed E-state index contributed by atoms with van der Waals surface area (Å²) in [6, 6.07) is 94.5. The fraction of sp³-hybridized carbons (Fsp3) is 0.190. The number of aryl methyl sites for hydroxylation is 19. The summed E-state index contributed by atoms with van der Waals surface area (Å²) in [4.78, 5) is 24.4. The maximum Gasteiger partial charge on any atom is 0.115 e. The van der Waals surface area contributed by atoms with Crippen molar-refractivity contribution in [2.75, 3.05) is 0 Å². The molecule has 2 aliphatic carbocycles. The van der Waals surface area contributed by atoms with Crippen molar-refractivity contribution in [3.8, 4) is 0 Å². The van der Waals surface area contributed by atoms with Gasteiger partial charge in [-0.05, 0) is 361 Å². The maximum atomic E-state index is 4.48. The minimum atomic E-state index is 1.01. The first-order chi connectivity index (χ1) is 58.9. The molecule has 0 atom stereocenters. The van der Waals surface area contributed by atoms with Crippen LogP contribution in [0.25, 0.3) is 109 Å². The molecule has 21 rings (SSSR count). The number of aromatic nitrogens is 6. The van der Waals surface area contributed by atoms with Crippen molar-refractivity contribution < 1.29 is 0 Å². The first-order valence-corrected chi connectivity index (χ1v) is 42.6. The minimum absolute atomic E-state index is 1.01. The number of rotatable bonds is 0. The molecular formula is C116H116N6. The SMILES string of the molecule is Cc1c(C)c2ccc3ccccc3c2c2ccccc12.Cc1c(C)c2ccccc2c2ccccc12.Cc1c2c3c4c(cccc4c1C)CC=C3CC=C2.Cc1cc2ccccc2cc1C.Cc1cc2ccccc2nc1C.Cc1ccc2ccccc2c1C.Cc1ccccc1C.Cc1cccnc1C.Cc1cncnc1C.Cc1nccnc1C. The van der Waals surface area contributed by atoms with E-state index in [0.29, 0.717) is 0 Å². The van der Waals surface area contributed by atoms with Crippen LogP contribution in [0.5, 0.6) is 0 Å². The van der Waals surface area contributed by atoms with Crippen LogP contribution in [-0.4, -0.2) is 29.9 Å². The summed E-state index contributed by atoms with van der Waals surface area (Å²) >= 11 is 0. The molecule has 122 heavy (non-hydrogen) atoms. The first kappa shape index (κ1) is 87.9. The zero-order valence-corrected chi connectivity index (χ0v) is 75.1. The van der Waals surface area contributed by atoms with E-state index >= 15 is 0 Å². The van der Waals surface area contributed by atoms with Crippen LogP contribution >= 0.6 is 0 Å². The minimum Gasteiger partial charge on any atom is -0.261 e. The monoisotopic (exact) mass is 1590 g/mol. The Morgan fingerprint density at radius 1 is 0.246 bits per heavy atom. The van der Waals surface area contributed by atoms with Gasteiger partial charge in [-0.2, -0.15) is 0 Å². The number of fused-ring (bicyclic) bond motifs is 11. The lowest BCUT2D eigenvalue weighted by atomic mass is 9.78. The lowest BCUT2D eigenvalue weighted by molar-refractivity contribution is 1.05. The van der Waals surface area contributed by atoms with E-state index in [9.17, 15) is 0 Å². The molecule has 0 saturated carbocycles. The van der Waals surface area contributed by atoms with E-state index < -0.39 is 0 Å². The molecule has 0 saturated heterocycles. The Labute approximate surface area is 724 Å². The number of benzene rings is 15. The third-order valence-electron chi connectivity index (χ3n) is 24.5. The van der Waals surface area contributed by atoms with E-state index in [2.05, 4.69) is 388 Å². The van der Waals surface area contributed by atoms with Crippen LogP contribution in [0.3, 0.4) is 0 Å². The van der Waals surface area contributed by atoms with E-state index in [1.165, 1.54) is 192 Å². The average molecular weight is 1590 g/mol. The molecule has 0 fully saturated rings. The van der Waals surface area contributed by atoms with Crippen LogP contribution in [-0.2, 0) is 6.42 Å². The third-order valence-corrected chi connectivity index (χ3v) is 24.5. The Bertz CT molecular complexity index is 6530. The van der Waals surface area contributed by atoms with Gasteiger partial charge < -0.3 is 0 Å². The van der Waals surface area contributed by atoms with Crippen molar-refractivity contribution in [3.05, 3.63) is 439 Å². The Hall–Kier alpha value is -13.4. The second-order valence-electron chi connectivity index (χ2n) is 32.4. The molecule has 0 bridgehead atoms. The number of pyridine rings is 2. The summed E-state index contributed by atoms with van der Waals surface area (Å²) in [5.74, 6) is 0. The van der Waals surface area contributed by atoms with Gasteiger partial charge in [0.15, 0.2) is 0 Å². The maximum absolute atomic E-state index is 4.48. The second kappa shape index (κ2) is 41.0. The quantitative estimate of drug-likeness (QED) is 0.141. The van der Waals surface area contributed by atoms with Crippen LogP contribution in [0, 0.1) is 138 Å². The standard InChI is InChI=1S/C20H16.C18H16.C16H14.2C12H12.C11H11N.C8H10.C7H9N.2C6H8N2/c1-13-14(2)17-12-11-15-7-3-4-9-18(15)20(17)19-10-6-5-8-16(13)19;1-11-12(2)16-8-4-6-14-10-9-13-5-3-7-15(11)17(13)18(14)16;1-11-12(2)14-8-4-6-10-16(14)15-9-5-3-7-13(11)15;1-9-7-11-5-3-4-6-12(11)8-10(9)2;1-9-7-8-11-5-3-4-6-12(11)10(9)2;1-8-7-10-5-3-4-6-11(10)12-9(8)2;1-7-5-3-4-6-8(7)2;1-6-4-3-5-8-7(6)2;1-5-3-7-4-8-6(5)2;1-5-6(2)8-4-3-7-5/h3-12H,1-2H3;3-5,7-8,10H,6,9H2,1-2H3;3-10H,1-2H3;2*3-8H,1-2H3;3-7H,1-2H3;3-6H,1-2H3;3-5H,1-2H3;2*3-4H,1-2H3. The summed E-state index contributed by atoms with van der Waals surface area (Å²) in [6.07, 6.45) is 17.8. The fourth-order valence-corrected chi connectivity index (χ4v) is 15.8. The van der Waals surface area contributed by atoms with Crippen molar-refractivity contribution in [1.29, 1.82) is 0 Å². The highest BCUT2D eigenvalue weighted by atomic mass is 14.8. The Morgan fingerprint density at radius 2 is 0.680 bits per heavy atom. The lowest BCUT2D eigenvalue weighted by Gasteiger charge is -2.26. The molecule has 0 unspecified atom stereocenters. The zero-order chi connectivity index (χ0) is 86.7. The van der Waals surface area contributed by atoms with Gasteiger partial charge in [-0.25, -0.2) is 9.97 Å². The van der Waals surface area contributed by atoms with E-state index in [1.807, 2.05) is 78.2 Å². The summed E-state index contributed by atoms with van der Waals surface area (Å²) < 4.78 is 0. The van der Waals surface area contributed by atoms with Crippen molar-refractivity contribution in [3.63, 3.8) is 0 Å². The summed E-state index contributed by atoms with van der Waals surface area (Å²) in [5.41, 5.74) is 32.7. The van der Waals surface area contributed by atoms with E-state index in [1.54, 1.807) is 18.7 Å². The number of hydrogen-bond donors (Lipinski definition) is 0. The Balaban J connectivity index is 0.000000126. The number of allylic oxidation sites excluding steroid dienone is 3. The molecule has 0 spiro atoms. The van der Waals surface area contributed by atoms with Gasteiger partial charge >= 0.3 is 0 Å². The van der Waals surface area contributed by atoms with Gasteiger partial charge in [-0.15, -0.1) is 0 Å². The normalized spacial score (nSPS) is 11.2.